The van der Waals surface area contributed by atoms with Gasteiger partial charge in [0.15, 0.2) is 11.4 Å². The molecule has 2 heterocycles. The van der Waals surface area contributed by atoms with Crippen LogP contribution in [0.1, 0.15) is 28.8 Å². The van der Waals surface area contributed by atoms with Gasteiger partial charge >= 0.3 is 0 Å². The summed E-state index contributed by atoms with van der Waals surface area (Å²) in [5.74, 6) is 0. The Bertz CT molecular complexity index is 484. The predicted molar refractivity (Wildman–Crippen MR) is 60.9 cm³/mol. The summed E-state index contributed by atoms with van der Waals surface area (Å²) in [6.07, 6.45) is 1.77. The molecule has 0 radical (unpaired) electrons. The first-order valence-corrected chi connectivity index (χ1v) is 5.72. The van der Waals surface area contributed by atoms with Gasteiger partial charge in [-0.1, -0.05) is 6.92 Å². The fourth-order valence-corrected chi connectivity index (χ4v) is 2.40. The van der Waals surface area contributed by atoms with Crippen molar-refractivity contribution in [1.82, 2.24) is 9.55 Å². The molecule has 0 amide bonds. The van der Waals surface area contributed by atoms with Gasteiger partial charge in [-0.15, -0.1) is 11.3 Å². The van der Waals surface area contributed by atoms with Gasteiger partial charge in [-0.3, -0.25) is 9.36 Å². The summed E-state index contributed by atoms with van der Waals surface area (Å²) in [7, 11) is 0. The highest BCUT2D eigenvalue weighted by atomic mass is 32.1. The maximum absolute atomic E-state index is 10.9. The highest BCUT2D eigenvalue weighted by Crippen LogP contribution is 2.20. The lowest BCUT2D eigenvalue weighted by atomic mass is 10.3. The van der Waals surface area contributed by atoms with Crippen molar-refractivity contribution < 1.29 is 4.79 Å². The summed E-state index contributed by atoms with van der Waals surface area (Å²) < 4.78 is 1.92. The molecule has 0 fully saturated rings. The van der Waals surface area contributed by atoms with Crippen molar-refractivity contribution in [2.75, 3.05) is 0 Å². The first-order chi connectivity index (χ1) is 7.26. The van der Waals surface area contributed by atoms with Gasteiger partial charge in [-0.05, 0) is 25.5 Å². The number of hydrogen-bond acceptors (Lipinski definition) is 3. The molecule has 0 aliphatic carbocycles. The van der Waals surface area contributed by atoms with E-state index >= 15 is 0 Å². The van der Waals surface area contributed by atoms with Crippen LogP contribution in [0.5, 0.6) is 0 Å². The van der Waals surface area contributed by atoms with Crippen LogP contribution in [0.15, 0.2) is 17.5 Å². The molecule has 15 heavy (non-hydrogen) atoms. The zero-order chi connectivity index (χ0) is 10.8. The van der Waals surface area contributed by atoms with Crippen molar-refractivity contribution in [3.63, 3.8) is 0 Å². The van der Waals surface area contributed by atoms with Crippen molar-refractivity contribution >= 4 is 17.6 Å². The largest absolute Gasteiger partial charge is 0.296 e. The van der Waals surface area contributed by atoms with E-state index in [1.807, 2.05) is 29.0 Å². The number of aldehydes is 1. The van der Waals surface area contributed by atoms with E-state index < -0.39 is 0 Å². The van der Waals surface area contributed by atoms with E-state index in [1.54, 1.807) is 11.3 Å². The minimum Gasteiger partial charge on any atom is -0.296 e. The van der Waals surface area contributed by atoms with Crippen molar-refractivity contribution in [1.29, 1.82) is 0 Å². The van der Waals surface area contributed by atoms with Crippen LogP contribution in [0.3, 0.4) is 0 Å². The number of carbonyl (C=O) groups excluding carboxylic acids is 1. The molecule has 0 spiro atoms. The second-order valence-electron chi connectivity index (χ2n) is 3.33. The zero-order valence-electron chi connectivity index (χ0n) is 8.73. The minimum atomic E-state index is 0.668. The fourth-order valence-electron chi connectivity index (χ4n) is 1.54. The smallest absolute Gasteiger partial charge is 0.194 e. The third-order valence-electron chi connectivity index (χ3n) is 2.27. The Morgan fingerprint density at radius 2 is 2.33 bits per heavy atom. The zero-order valence-corrected chi connectivity index (χ0v) is 9.54. The summed E-state index contributed by atoms with van der Waals surface area (Å²) in [5.41, 5.74) is 2.77. The Kier molecular flexibility index (Phi) is 2.68. The summed E-state index contributed by atoms with van der Waals surface area (Å²) in [5, 5.41) is 2.86. The fraction of sp³-hybridized carbons (Fsp3) is 0.273. The summed E-state index contributed by atoms with van der Waals surface area (Å²) in [6.45, 7) is 4.02. The van der Waals surface area contributed by atoms with Gasteiger partial charge in [0.05, 0.1) is 11.4 Å². The van der Waals surface area contributed by atoms with E-state index in [1.165, 1.54) is 0 Å². The van der Waals surface area contributed by atoms with Crippen LogP contribution in [-0.4, -0.2) is 15.8 Å². The molecule has 3 nitrogen and oxygen atoms in total. The number of thiazole rings is 1. The number of rotatable bonds is 3. The molecule has 78 valence electrons. The number of aryl methyl sites for hydroxylation is 2. The van der Waals surface area contributed by atoms with Gasteiger partial charge in [0.25, 0.3) is 0 Å². The van der Waals surface area contributed by atoms with Crippen LogP contribution in [0.2, 0.25) is 0 Å². The molecule has 0 aliphatic rings. The number of hydrogen-bond donors (Lipinski definition) is 0. The Labute approximate surface area is 92.4 Å². The molecule has 2 aromatic rings. The van der Waals surface area contributed by atoms with Crippen LogP contribution >= 0.6 is 11.3 Å². The Morgan fingerprint density at radius 1 is 1.53 bits per heavy atom. The molecule has 0 saturated heterocycles. The highest BCUT2D eigenvalue weighted by molar-refractivity contribution is 7.12. The topological polar surface area (TPSA) is 34.9 Å². The first-order valence-electron chi connectivity index (χ1n) is 4.84. The Hall–Kier alpha value is -1.42. The van der Waals surface area contributed by atoms with E-state index in [2.05, 4.69) is 11.9 Å². The number of carbonyl (C=O) groups is 1. The highest BCUT2D eigenvalue weighted by Gasteiger charge is 2.10. The molecule has 2 rings (SSSR count). The third kappa shape index (κ3) is 1.72. The SMILES string of the molecule is CCc1ccc(C=O)n1-c1nc(C)cs1. The van der Waals surface area contributed by atoms with Crippen molar-refractivity contribution in [2.45, 2.75) is 20.3 Å². The molecule has 0 saturated carbocycles. The van der Waals surface area contributed by atoms with Crippen molar-refractivity contribution in [3.8, 4) is 5.13 Å². The van der Waals surface area contributed by atoms with Gasteiger partial charge in [0, 0.05) is 11.1 Å². The van der Waals surface area contributed by atoms with Gasteiger partial charge in [0.1, 0.15) is 0 Å². The Morgan fingerprint density at radius 3 is 2.87 bits per heavy atom. The van der Waals surface area contributed by atoms with Crippen LogP contribution < -0.4 is 0 Å². The van der Waals surface area contributed by atoms with E-state index in [9.17, 15) is 4.79 Å². The van der Waals surface area contributed by atoms with Gasteiger partial charge in [-0.25, -0.2) is 4.98 Å². The molecule has 2 aromatic heterocycles. The van der Waals surface area contributed by atoms with E-state index in [-0.39, 0.29) is 0 Å². The Balaban J connectivity index is 2.58. The van der Waals surface area contributed by atoms with E-state index in [4.69, 9.17) is 0 Å². The maximum Gasteiger partial charge on any atom is 0.194 e. The molecular formula is C11H12N2OS. The summed E-state index contributed by atoms with van der Waals surface area (Å²) in [6, 6.07) is 3.81. The normalized spacial score (nSPS) is 10.5. The van der Waals surface area contributed by atoms with E-state index in [0.29, 0.717) is 5.69 Å². The molecule has 0 aliphatic heterocycles. The average Bonchev–Trinajstić information content (AvgIpc) is 2.82. The quantitative estimate of drug-likeness (QED) is 0.745. The van der Waals surface area contributed by atoms with Crippen LogP contribution in [0.4, 0.5) is 0 Å². The molecule has 0 atom stereocenters. The molecular weight excluding hydrogens is 208 g/mol. The molecule has 4 heteroatoms. The van der Waals surface area contributed by atoms with Crippen LogP contribution in [0.25, 0.3) is 5.13 Å². The number of aromatic nitrogens is 2. The molecule has 0 unspecified atom stereocenters. The van der Waals surface area contributed by atoms with Crippen molar-refractivity contribution in [3.05, 3.63) is 34.6 Å². The molecule has 0 N–H and O–H groups in total. The maximum atomic E-state index is 10.9. The summed E-state index contributed by atoms with van der Waals surface area (Å²) in [4.78, 5) is 15.3. The molecule has 0 bridgehead atoms. The second-order valence-corrected chi connectivity index (χ2v) is 4.16. The van der Waals surface area contributed by atoms with Crippen molar-refractivity contribution in [2.24, 2.45) is 0 Å². The lowest BCUT2D eigenvalue weighted by molar-refractivity contribution is 0.111. The van der Waals surface area contributed by atoms with Crippen LogP contribution in [0, 0.1) is 6.92 Å². The van der Waals surface area contributed by atoms with Gasteiger partial charge in [0.2, 0.25) is 0 Å². The van der Waals surface area contributed by atoms with Gasteiger partial charge in [-0.2, -0.15) is 0 Å². The lowest BCUT2D eigenvalue weighted by Crippen LogP contribution is -2.02. The molecule has 0 aromatic carbocycles. The first kappa shape index (κ1) is 10.1. The predicted octanol–water partition coefficient (Wildman–Crippen LogP) is 2.62. The minimum absolute atomic E-state index is 0.668. The van der Waals surface area contributed by atoms with Gasteiger partial charge < -0.3 is 0 Å². The number of nitrogens with zero attached hydrogens (tertiary/aromatic N) is 2. The third-order valence-corrected chi connectivity index (χ3v) is 3.22. The summed E-state index contributed by atoms with van der Waals surface area (Å²) >= 11 is 1.56. The monoisotopic (exact) mass is 220 g/mol. The standard InChI is InChI=1S/C11H12N2OS/c1-3-9-4-5-10(6-14)13(9)11-12-8(2)7-15-11/h4-7H,3H2,1-2H3. The van der Waals surface area contributed by atoms with Crippen LogP contribution in [-0.2, 0) is 6.42 Å². The average molecular weight is 220 g/mol. The van der Waals surface area contributed by atoms with E-state index in [0.717, 1.165) is 29.2 Å². The lowest BCUT2D eigenvalue weighted by Gasteiger charge is -2.04. The second kappa shape index (κ2) is 3.98.